The zero-order valence-electron chi connectivity index (χ0n) is 40.0. The molecule has 0 saturated heterocycles. The Bertz CT molecular complexity index is 2830. The highest BCUT2D eigenvalue weighted by Crippen LogP contribution is 2.35. The molecule has 0 saturated carbocycles. The number of anilines is 1. The number of imide groups is 2. The van der Waals surface area contributed by atoms with Gasteiger partial charge in [0.2, 0.25) is 19.0 Å². The van der Waals surface area contributed by atoms with Gasteiger partial charge >= 0.3 is 0 Å². The van der Waals surface area contributed by atoms with Gasteiger partial charge < -0.3 is 27.6 Å². The van der Waals surface area contributed by atoms with Crippen LogP contribution in [-0.2, 0) is 46.7 Å². The first-order valence-electron chi connectivity index (χ1n) is 22.9. The second-order valence-corrected chi connectivity index (χ2v) is 17.4. The van der Waals surface area contributed by atoms with E-state index in [-0.39, 0.29) is 45.9 Å². The van der Waals surface area contributed by atoms with Gasteiger partial charge in [0, 0.05) is 76.6 Å². The van der Waals surface area contributed by atoms with Gasteiger partial charge in [-0.2, -0.15) is 0 Å². The Kier molecular flexibility index (Phi) is 16.3. The van der Waals surface area contributed by atoms with E-state index in [2.05, 4.69) is 67.0 Å². The van der Waals surface area contributed by atoms with Crippen LogP contribution in [0, 0.1) is 22.3 Å². The van der Waals surface area contributed by atoms with Gasteiger partial charge in [-0.3, -0.25) is 29.0 Å². The summed E-state index contributed by atoms with van der Waals surface area (Å²) in [6.07, 6.45) is 26.8. The molecule has 2 aliphatic rings. The lowest BCUT2D eigenvalue weighted by molar-refractivity contribution is -0.696. The molecule has 352 valence electrons. The van der Waals surface area contributed by atoms with Crippen LogP contribution in [0.2, 0.25) is 0 Å². The molecule has 0 unspecified atom stereocenters. The van der Waals surface area contributed by atoms with E-state index in [0.717, 1.165) is 111 Å². The summed E-state index contributed by atoms with van der Waals surface area (Å²) in [5, 5.41) is 7.02. The SMILES string of the molecule is C[n+]1ccn(CCCCc2ccc3c4c(cccc24)C(=O)N(CCCCCCn2cc[n+](CCCNc4ccc5c6c(cccc46)C(=O)N(CCCn4cc[n+](C)c4)C5=O)c2)C3=O)c1.[CH3-].[CH3-].[CH3-]. The third-order valence-electron chi connectivity index (χ3n) is 12.8. The molecule has 67 heavy (non-hydrogen) atoms. The molecule has 4 amide bonds. The minimum atomic E-state index is -0.233. The van der Waals surface area contributed by atoms with Crippen molar-refractivity contribution in [2.45, 2.75) is 84.0 Å². The van der Waals surface area contributed by atoms with Gasteiger partial charge in [0.05, 0.1) is 40.3 Å². The molecule has 9 rings (SSSR count). The first-order valence-corrected chi connectivity index (χ1v) is 22.9. The standard InChI is InChI=1S/C51H57N9O4.3CH3/c1-53-29-31-55(35-53)24-8-5-13-38-18-19-43-46-39(38)14-9-16-41(46)48(61)59(50(43)63)27-7-4-3-6-23-57-33-34-58(37-57)25-11-22-52-45-21-20-44-47-40(45)15-10-17-42(47)49(62)60(51(44)64)28-12-26-56-32-30-54(2)36-56;;;/h9-10,14-21,29-37H,3-8,11-13,22-28H2,1-2H3;3*1H3/q+2;3*-1/p+1. The van der Waals surface area contributed by atoms with Gasteiger partial charge in [-0.1, -0.05) is 36.8 Å². The van der Waals surface area contributed by atoms with Crippen LogP contribution in [0.1, 0.15) is 98.4 Å². The van der Waals surface area contributed by atoms with Crippen LogP contribution in [-0.4, -0.2) is 66.8 Å². The van der Waals surface area contributed by atoms with Crippen molar-refractivity contribution in [2.24, 2.45) is 14.1 Å². The van der Waals surface area contributed by atoms with Crippen molar-refractivity contribution in [2.75, 3.05) is 25.0 Å². The van der Waals surface area contributed by atoms with Crippen molar-refractivity contribution in [3.05, 3.63) is 167 Å². The van der Waals surface area contributed by atoms with Crippen molar-refractivity contribution in [1.82, 2.24) is 23.5 Å². The monoisotopic (exact) mass is 906 g/mol. The van der Waals surface area contributed by atoms with E-state index in [1.165, 1.54) is 15.4 Å². The van der Waals surface area contributed by atoms with Gasteiger partial charge in [0.15, 0.2) is 0 Å². The number of carbonyl (C=O) groups is 4. The lowest BCUT2D eigenvalue weighted by Crippen LogP contribution is -2.41. The molecule has 0 radical (unpaired) electrons. The molecule has 2 aliphatic heterocycles. The van der Waals surface area contributed by atoms with Crippen molar-refractivity contribution >= 4 is 50.9 Å². The van der Waals surface area contributed by atoms with Crippen LogP contribution in [0.4, 0.5) is 5.69 Å². The minimum Gasteiger partial charge on any atom is -0.384 e. The highest BCUT2D eigenvalue weighted by molar-refractivity contribution is 6.27. The van der Waals surface area contributed by atoms with E-state index < -0.39 is 0 Å². The fourth-order valence-electron chi connectivity index (χ4n) is 9.53. The average Bonchev–Trinajstić information content (AvgIpc) is 4.06. The molecule has 7 aromatic rings. The summed E-state index contributed by atoms with van der Waals surface area (Å²) in [6.45, 7) is 4.96. The predicted octanol–water partition coefficient (Wildman–Crippen LogP) is 7.75. The van der Waals surface area contributed by atoms with Crippen LogP contribution in [0.25, 0.3) is 21.5 Å². The fourth-order valence-corrected chi connectivity index (χ4v) is 9.53. The molecule has 0 bridgehead atoms. The van der Waals surface area contributed by atoms with Crippen molar-refractivity contribution in [3.63, 3.8) is 0 Å². The van der Waals surface area contributed by atoms with Gasteiger partial charge in [-0.05, 0) is 79.8 Å². The predicted molar refractivity (Wildman–Crippen MR) is 263 cm³/mol. The molecule has 0 fully saturated rings. The lowest BCUT2D eigenvalue weighted by atomic mass is 9.89. The summed E-state index contributed by atoms with van der Waals surface area (Å²) in [7, 11) is 3.99. The summed E-state index contributed by atoms with van der Waals surface area (Å²) in [5.41, 5.74) is 4.53. The first-order chi connectivity index (χ1) is 31.2. The molecule has 13 nitrogen and oxygen atoms in total. The van der Waals surface area contributed by atoms with Crippen molar-refractivity contribution in [3.8, 4) is 0 Å². The second-order valence-electron chi connectivity index (χ2n) is 17.4. The van der Waals surface area contributed by atoms with E-state index in [0.29, 0.717) is 41.8 Å². The number of aromatic nitrogens is 6. The van der Waals surface area contributed by atoms with Crippen LogP contribution < -0.4 is 19.0 Å². The number of aryl methyl sites for hydroxylation is 7. The maximum absolute atomic E-state index is 13.7. The zero-order chi connectivity index (χ0) is 44.2. The molecule has 0 spiro atoms. The average molecular weight is 906 g/mol. The number of carbonyl (C=O) groups excluding carboxylic acids is 4. The molecule has 0 aliphatic carbocycles. The van der Waals surface area contributed by atoms with Crippen LogP contribution in [0.5, 0.6) is 0 Å². The maximum atomic E-state index is 13.7. The van der Waals surface area contributed by atoms with E-state index in [9.17, 15) is 19.2 Å². The van der Waals surface area contributed by atoms with Crippen LogP contribution in [0.15, 0.2) is 117 Å². The number of unbranched alkanes of at least 4 members (excludes halogenated alkanes) is 4. The number of nitrogens with one attached hydrogen (secondary N) is 1. The van der Waals surface area contributed by atoms with Gasteiger partial charge in [-0.15, -0.1) is 0 Å². The largest absolute Gasteiger partial charge is 0.384 e. The molecule has 5 heterocycles. The number of hydrogen-bond acceptors (Lipinski definition) is 5. The molecular formula is C54H67N9O4. The normalized spacial score (nSPS) is 13.0. The maximum Gasteiger partial charge on any atom is 0.261 e. The Balaban J connectivity index is 0.00000247. The van der Waals surface area contributed by atoms with Crippen molar-refractivity contribution in [1.29, 1.82) is 0 Å². The Morgan fingerprint density at radius 3 is 1.58 bits per heavy atom. The smallest absolute Gasteiger partial charge is 0.261 e. The topological polar surface area (TPSA) is 113 Å². The third kappa shape index (κ3) is 10.6. The number of imidazole rings is 3. The van der Waals surface area contributed by atoms with Gasteiger partial charge in [0.1, 0.15) is 37.2 Å². The van der Waals surface area contributed by atoms with Gasteiger partial charge in [0.25, 0.3) is 23.6 Å². The Labute approximate surface area is 395 Å². The quantitative estimate of drug-likeness (QED) is 0.0343. The molecule has 13 heteroatoms. The van der Waals surface area contributed by atoms with Crippen LogP contribution in [0.3, 0.4) is 0 Å². The fraction of sp³-hybridized carbons (Fsp3) is 0.333. The van der Waals surface area contributed by atoms with E-state index in [1.807, 2.05) is 96.7 Å². The first kappa shape index (κ1) is 49.5. The second kappa shape index (κ2) is 22.1. The van der Waals surface area contributed by atoms with E-state index in [4.69, 9.17) is 0 Å². The number of amides is 4. The van der Waals surface area contributed by atoms with E-state index in [1.54, 1.807) is 0 Å². The Hall–Kier alpha value is -6.89. The van der Waals surface area contributed by atoms with Gasteiger partial charge in [-0.25, -0.2) is 27.4 Å². The molecule has 3 aromatic heterocycles. The number of nitrogens with zero attached hydrogens (tertiary/aromatic N) is 8. The molecule has 0 atom stereocenters. The summed E-state index contributed by atoms with van der Waals surface area (Å²) in [4.78, 5) is 57.3. The summed E-state index contributed by atoms with van der Waals surface area (Å²) < 4.78 is 12.7. The van der Waals surface area contributed by atoms with Crippen LogP contribution >= 0.6 is 0 Å². The lowest BCUT2D eigenvalue weighted by Gasteiger charge is -2.28. The minimum absolute atomic E-state index is 0. The summed E-state index contributed by atoms with van der Waals surface area (Å²) in [5.74, 6) is -0.830. The molecule has 1 N–H and O–H groups in total. The summed E-state index contributed by atoms with van der Waals surface area (Å²) in [6, 6.07) is 19.4. The third-order valence-corrected chi connectivity index (χ3v) is 12.8. The zero-order valence-corrected chi connectivity index (χ0v) is 40.0. The van der Waals surface area contributed by atoms with Crippen molar-refractivity contribution < 1.29 is 32.9 Å². The number of benzene rings is 4. The Morgan fingerprint density at radius 1 is 0.478 bits per heavy atom. The Morgan fingerprint density at radius 2 is 0.970 bits per heavy atom. The molecular weight excluding hydrogens is 839 g/mol. The highest BCUT2D eigenvalue weighted by atomic mass is 16.2. The number of rotatable bonds is 21. The van der Waals surface area contributed by atoms with E-state index >= 15 is 0 Å². The summed E-state index contributed by atoms with van der Waals surface area (Å²) >= 11 is 0. The highest BCUT2D eigenvalue weighted by Gasteiger charge is 2.34. The number of hydrogen-bond donors (Lipinski definition) is 1. The molecule has 4 aromatic carbocycles.